The third kappa shape index (κ3) is 3.51. The monoisotopic (exact) mass is 329 g/mol. The highest BCUT2D eigenvalue weighted by molar-refractivity contribution is 7.89. The van der Waals surface area contributed by atoms with Crippen molar-refractivity contribution in [3.05, 3.63) is 23.2 Å². The zero-order chi connectivity index (χ0) is 15.0. The van der Waals surface area contributed by atoms with Crippen LogP contribution in [0, 0.1) is 5.92 Å². The molecule has 1 saturated heterocycles. The van der Waals surface area contributed by atoms with E-state index in [1.807, 2.05) is 0 Å². The number of halogens is 1. The predicted molar refractivity (Wildman–Crippen MR) is 83.8 cm³/mol. The Morgan fingerprint density at radius 3 is 2.76 bits per heavy atom. The highest BCUT2D eigenvalue weighted by atomic mass is 35.5. The molecule has 0 radical (unpaired) electrons. The second-order valence-corrected chi connectivity index (χ2v) is 8.07. The van der Waals surface area contributed by atoms with E-state index < -0.39 is 10.0 Å². The van der Waals surface area contributed by atoms with Gasteiger partial charge in [-0.05, 0) is 49.9 Å². The molecule has 1 unspecified atom stereocenters. The van der Waals surface area contributed by atoms with Gasteiger partial charge >= 0.3 is 0 Å². The minimum Gasteiger partial charge on any atom is -0.399 e. The van der Waals surface area contributed by atoms with Crippen LogP contribution in [0.15, 0.2) is 23.1 Å². The number of hydrogen-bond acceptors (Lipinski definition) is 4. The molecule has 5 nitrogen and oxygen atoms in total. The van der Waals surface area contributed by atoms with E-state index in [0.29, 0.717) is 18.2 Å². The Hall–Kier alpha value is -0.820. The third-order valence-electron chi connectivity index (χ3n) is 4.19. The van der Waals surface area contributed by atoms with Crippen LogP contribution >= 0.6 is 11.6 Å². The normalized spacial score (nSPS) is 23.6. The van der Waals surface area contributed by atoms with Gasteiger partial charge in [-0.25, -0.2) is 13.1 Å². The van der Waals surface area contributed by atoms with E-state index in [4.69, 9.17) is 17.3 Å². The SMILES string of the molecule is Nc1ccc(S(=O)(=O)NCC2CCN(C3CC3)C2)c(Cl)c1. The summed E-state index contributed by atoms with van der Waals surface area (Å²) in [7, 11) is -3.57. The molecule has 2 fully saturated rings. The van der Waals surface area contributed by atoms with Crippen LogP contribution in [-0.4, -0.2) is 39.0 Å². The van der Waals surface area contributed by atoms with Gasteiger partial charge in [0.15, 0.2) is 0 Å². The van der Waals surface area contributed by atoms with Gasteiger partial charge in [-0.1, -0.05) is 11.6 Å². The Balaban J connectivity index is 1.61. The summed E-state index contributed by atoms with van der Waals surface area (Å²) in [5.74, 6) is 0.382. The molecule has 1 aliphatic carbocycles. The lowest BCUT2D eigenvalue weighted by Crippen LogP contribution is -2.31. The average molecular weight is 330 g/mol. The topological polar surface area (TPSA) is 75.4 Å². The quantitative estimate of drug-likeness (QED) is 0.806. The first kappa shape index (κ1) is 15.1. The van der Waals surface area contributed by atoms with Gasteiger partial charge in [0.1, 0.15) is 4.90 Å². The smallest absolute Gasteiger partial charge is 0.242 e. The number of anilines is 1. The number of nitrogens with two attached hydrogens (primary N) is 1. The molecular weight excluding hydrogens is 310 g/mol. The highest BCUT2D eigenvalue weighted by Gasteiger charge is 2.34. The van der Waals surface area contributed by atoms with Crippen molar-refractivity contribution >= 4 is 27.3 Å². The Bertz CT molecular complexity index is 631. The zero-order valence-electron chi connectivity index (χ0n) is 11.8. The number of hydrogen-bond donors (Lipinski definition) is 2. The maximum absolute atomic E-state index is 12.3. The molecule has 21 heavy (non-hydrogen) atoms. The van der Waals surface area contributed by atoms with Crippen LogP contribution in [0.3, 0.4) is 0 Å². The first-order valence-electron chi connectivity index (χ1n) is 7.24. The second kappa shape index (κ2) is 5.76. The lowest BCUT2D eigenvalue weighted by atomic mass is 10.1. The summed E-state index contributed by atoms with van der Waals surface area (Å²) < 4.78 is 27.3. The lowest BCUT2D eigenvalue weighted by molar-refractivity contribution is 0.314. The molecule has 0 spiro atoms. The number of nitrogens with one attached hydrogen (secondary N) is 1. The Morgan fingerprint density at radius 1 is 1.33 bits per heavy atom. The van der Waals surface area contributed by atoms with Crippen molar-refractivity contribution in [1.29, 1.82) is 0 Å². The van der Waals surface area contributed by atoms with E-state index in [-0.39, 0.29) is 9.92 Å². The van der Waals surface area contributed by atoms with Gasteiger partial charge in [0.25, 0.3) is 0 Å². The van der Waals surface area contributed by atoms with Gasteiger partial charge in [-0.15, -0.1) is 0 Å². The summed E-state index contributed by atoms with van der Waals surface area (Å²) in [6.07, 6.45) is 3.63. The minimum absolute atomic E-state index is 0.0930. The maximum Gasteiger partial charge on any atom is 0.242 e. The van der Waals surface area contributed by atoms with E-state index in [9.17, 15) is 8.42 Å². The third-order valence-corrected chi connectivity index (χ3v) is 6.09. The molecule has 1 atom stereocenters. The fourth-order valence-electron chi connectivity index (χ4n) is 2.84. The zero-order valence-corrected chi connectivity index (χ0v) is 13.3. The van der Waals surface area contributed by atoms with Gasteiger partial charge in [-0.2, -0.15) is 0 Å². The molecule has 0 bridgehead atoms. The van der Waals surface area contributed by atoms with Crippen LogP contribution in [0.25, 0.3) is 0 Å². The predicted octanol–water partition coefficient (Wildman–Crippen LogP) is 1.68. The van der Waals surface area contributed by atoms with Crippen molar-refractivity contribution in [2.24, 2.45) is 5.92 Å². The van der Waals surface area contributed by atoms with E-state index in [1.165, 1.54) is 25.0 Å². The number of nitrogen functional groups attached to an aromatic ring is 1. The Morgan fingerprint density at radius 2 is 2.10 bits per heavy atom. The van der Waals surface area contributed by atoms with Crippen molar-refractivity contribution in [2.45, 2.75) is 30.2 Å². The number of likely N-dealkylation sites (tertiary alicyclic amines) is 1. The summed E-state index contributed by atoms with van der Waals surface area (Å²) in [6, 6.07) is 5.20. The molecule has 116 valence electrons. The van der Waals surface area contributed by atoms with E-state index >= 15 is 0 Å². The number of rotatable bonds is 5. The molecule has 3 rings (SSSR count). The van der Waals surface area contributed by atoms with Crippen molar-refractivity contribution in [3.63, 3.8) is 0 Å². The summed E-state index contributed by atoms with van der Waals surface area (Å²) >= 11 is 5.98. The molecule has 2 aliphatic rings. The number of sulfonamides is 1. The van der Waals surface area contributed by atoms with E-state index in [2.05, 4.69) is 9.62 Å². The molecule has 7 heteroatoms. The van der Waals surface area contributed by atoms with Crippen LogP contribution in [0.1, 0.15) is 19.3 Å². The van der Waals surface area contributed by atoms with Gasteiger partial charge in [0, 0.05) is 24.8 Å². The van der Waals surface area contributed by atoms with Crippen LogP contribution in [0.5, 0.6) is 0 Å². The van der Waals surface area contributed by atoms with Gasteiger partial charge in [0.2, 0.25) is 10.0 Å². The summed E-state index contributed by atoms with van der Waals surface area (Å²) in [4.78, 5) is 2.56. The summed E-state index contributed by atoms with van der Waals surface area (Å²) in [5.41, 5.74) is 6.04. The van der Waals surface area contributed by atoms with Crippen molar-refractivity contribution in [3.8, 4) is 0 Å². The highest BCUT2D eigenvalue weighted by Crippen LogP contribution is 2.31. The molecule has 1 heterocycles. The van der Waals surface area contributed by atoms with Crippen LogP contribution in [0.2, 0.25) is 5.02 Å². The average Bonchev–Trinajstić information content (AvgIpc) is 3.15. The molecule has 3 N–H and O–H groups in total. The standard InChI is InChI=1S/C14H20ClN3O2S/c15-13-7-11(16)1-4-14(13)21(19,20)17-8-10-5-6-18(9-10)12-2-3-12/h1,4,7,10,12,17H,2-3,5-6,8-9,16H2. The molecule has 1 aromatic rings. The lowest BCUT2D eigenvalue weighted by Gasteiger charge is -2.15. The van der Waals surface area contributed by atoms with Gasteiger partial charge in [-0.3, -0.25) is 0 Å². The van der Waals surface area contributed by atoms with Crippen molar-refractivity contribution in [2.75, 3.05) is 25.4 Å². The second-order valence-electron chi connectivity index (χ2n) is 5.92. The van der Waals surface area contributed by atoms with E-state index in [1.54, 1.807) is 6.07 Å². The van der Waals surface area contributed by atoms with Gasteiger partial charge in [0.05, 0.1) is 5.02 Å². The van der Waals surface area contributed by atoms with Crippen molar-refractivity contribution in [1.82, 2.24) is 9.62 Å². The molecular formula is C14H20ClN3O2S. The minimum atomic E-state index is -3.57. The fourth-order valence-corrected chi connectivity index (χ4v) is 4.51. The van der Waals surface area contributed by atoms with Crippen LogP contribution in [-0.2, 0) is 10.0 Å². The van der Waals surface area contributed by atoms with Crippen LogP contribution in [0.4, 0.5) is 5.69 Å². The number of nitrogens with zero attached hydrogens (tertiary/aromatic N) is 1. The fraction of sp³-hybridized carbons (Fsp3) is 0.571. The summed E-state index contributed by atoms with van der Waals surface area (Å²) in [6.45, 7) is 2.54. The first-order valence-corrected chi connectivity index (χ1v) is 9.10. The molecule has 0 amide bonds. The van der Waals surface area contributed by atoms with E-state index in [0.717, 1.165) is 25.6 Å². The van der Waals surface area contributed by atoms with Gasteiger partial charge < -0.3 is 10.6 Å². The first-order chi connectivity index (χ1) is 9.95. The summed E-state index contributed by atoms with van der Waals surface area (Å²) in [5, 5.41) is 0.161. The van der Waals surface area contributed by atoms with Crippen LogP contribution < -0.4 is 10.5 Å². The Kier molecular flexibility index (Phi) is 4.14. The Labute approximate surface area is 130 Å². The number of benzene rings is 1. The molecule has 1 aromatic carbocycles. The maximum atomic E-state index is 12.3. The van der Waals surface area contributed by atoms with Crippen molar-refractivity contribution < 1.29 is 8.42 Å². The molecule has 1 aliphatic heterocycles. The molecule has 1 saturated carbocycles. The largest absolute Gasteiger partial charge is 0.399 e. The molecule has 0 aromatic heterocycles.